The minimum Gasteiger partial charge on any atom is -0.482 e. The summed E-state index contributed by atoms with van der Waals surface area (Å²) in [6.07, 6.45) is 4.83. The minimum atomic E-state index is -0.0952. The van der Waals surface area contributed by atoms with Gasteiger partial charge in [-0.15, -0.1) is 0 Å². The zero-order valence-corrected chi connectivity index (χ0v) is 12.1. The van der Waals surface area contributed by atoms with Crippen LogP contribution in [0.1, 0.15) is 38.8 Å². The number of rotatable bonds is 4. The molecule has 0 bridgehead atoms. The summed E-state index contributed by atoms with van der Waals surface area (Å²) in [6.45, 7) is 4.12. The number of amides is 1. The van der Waals surface area contributed by atoms with Crippen LogP contribution in [-0.4, -0.2) is 39.6 Å². The lowest BCUT2D eigenvalue weighted by Crippen LogP contribution is -2.49. The van der Waals surface area contributed by atoms with Gasteiger partial charge in [0.2, 0.25) is 0 Å². The van der Waals surface area contributed by atoms with Crippen LogP contribution in [0.15, 0.2) is 18.3 Å². The van der Waals surface area contributed by atoms with E-state index in [1.165, 1.54) is 12.6 Å². The maximum atomic E-state index is 12.3. The average Bonchev–Trinajstić information content (AvgIpc) is 2.45. The van der Waals surface area contributed by atoms with Crippen molar-refractivity contribution in [3.05, 3.63) is 24.0 Å². The normalized spacial score (nSPS) is 22.6. The molecular weight excluding hydrogens is 256 g/mol. The zero-order chi connectivity index (χ0) is 14.5. The summed E-state index contributed by atoms with van der Waals surface area (Å²) in [5.41, 5.74) is 0.585. The monoisotopic (exact) mass is 278 g/mol. The molecule has 1 saturated heterocycles. The molecular formula is C15H22N2O3. The Morgan fingerprint density at radius 3 is 2.65 bits per heavy atom. The summed E-state index contributed by atoms with van der Waals surface area (Å²) in [5.74, 6) is 0.573. The largest absolute Gasteiger partial charge is 0.482 e. The molecule has 0 aromatic carbocycles. The second-order valence-corrected chi connectivity index (χ2v) is 5.36. The van der Waals surface area contributed by atoms with E-state index in [-0.39, 0.29) is 31.2 Å². The number of hydrogen-bond acceptors (Lipinski definition) is 4. The van der Waals surface area contributed by atoms with E-state index in [9.17, 15) is 4.79 Å². The molecule has 1 aromatic heterocycles. The van der Waals surface area contributed by atoms with Crippen LogP contribution >= 0.6 is 0 Å². The van der Waals surface area contributed by atoms with E-state index in [4.69, 9.17) is 9.84 Å². The molecule has 0 radical (unpaired) electrons. The van der Waals surface area contributed by atoms with Crippen molar-refractivity contribution in [2.24, 2.45) is 0 Å². The highest BCUT2D eigenvalue weighted by atomic mass is 16.5. The lowest BCUT2D eigenvalue weighted by atomic mass is 9.97. The molecule has 0 saturated carbocycles. The van der Waals surface area contributed by atoms with Crippen molar-refractivity contribution in [1.29, 1.82) is 0 Å². The van der Waals surface area contributed by atoms with E-state index in [1.807, 2.05) is 4.90 Å². The van der Waals surface area contributed by atoms with E-state index in [0.29, 0.717) is 11.4 Å². The van der Waals surface area contributed by atoms with Crippen molar-refractivity contribution in [2.45, 2.75) is 51.8 Å². The van der Waals surface area contributed by atoms with Crippen LogP contribution in [0, 0.1) is 0 Å². The molecule has 5 nitrogen and oxygen atoms in total. The number of ether oxygens (including phenoxy) is 1. The molecule has 1 aliphatic heterocycles. The van der Waals surface area contributed by atoms with Gasteiger partial charge in [-0.3, -0.25) is 9.78 Å². The van der Waals surface area contributed by atoms with Gasteiger partial charge in [0.1, 0.15) is 5.75 Å². The van der Waals surface area contributed by atoms with Crippen molar-refractivity contribution < 1.29 is 14.6 Å². The molecule has 1 N–H and O–H groups in total. The Hall–Kier alpha value is -1.62. The Labute approximate surface area is 119 Å². The number of likely N-dealkylation sites (tertiary alicyclic amines) is 1. The summed E-state index contributed by atoms with van der Waals surface area (Å²) in [7, 11) is 0. The third-order valence-electron chi connectivity index (χ3n) is 3.80. The van der Waals surface area contributed by atoms with Crippen molar-refractivity contribution in [1.82, 2.24) is 9.88 Å². The van der Waals surface area contributed by atoms with Crippen LogP contribution in [0.3, 0.4) is 0 Å². The molecule has 0 aliphatic carbocycles. The summed E-state index contributed by atoms with van der Waals surface area (Å²) < 4.78 is 5.48. The zero-order valence-electron chi connectivity index (χ0n) is 12.1. The molecule has 110 valence electrons. The average molecular weight is 278 g/mol. The van der Waals surface area contributed by atoms with Crippen LogP contribution < -0.4 is 4.74 Å². The van der Waals surface area contributed by atoms with Gasteiger partial charge in [-0.1, -0.05) is 0 Å². The quantitative estimate of drug-likeness (QED) is 0.911. The highest BCUT2D eigenvalue weighted by Crippen LogP contribution is 2.22. The number of aliphatic hydroxyl groups excluding tert-OH is 1. The van der Waals surface area contributed by atoms with Crippen molar-refractivity contribution in [3.63, 3.8) is 0 Å². The number of nitrogens with zero attached hydrogens (tertiary/aromatic N) is 2. The van der Waals surface area contributed by atoms with E-state index < -0.39 is 0 Å². The Morgan fingerprint density at radius 1 is 1.40 bits per heavy atom. The van der Waals surface area contributed by atoms with Crippen LogP contribution in [0.25, 0.3) is 0 Å². The lowest BCUT2D eigenvalue weighted by molar-refractivity contribution is -0.139. The lowest BCUT2D eigenvalue weighted by Gasteiger charge is -2.38. The van der Waals surface area contributed by atoms with Gasteiger partial charge in [0, 0.05) is 12.1 Å². The van der Waals surface area contributed by atoms with Crippen molar-refractivity contribution in [3.8, 4) is 5.75 Å². The second-order valence-electron chi connectivity index (χ2n) is 5.36. The Kier molecular flexibility index (Phi) is 4.95. The fraction of sp³-hybridized carbons (Fsp3) is 0.600. The first-order valence-corrected chi connectivity index (χ1v) is 7.11. The number of carbonyl (C=O) groups is 1. The first-order chi connectivity index (χ1) is 9.61. The smallest absolute Gasteiger partial charge is 0.260 e. The third kappa shape index (κ3) is 3.48. The van der Waals surface area contributed by atoms with Crippen LogP contribution in [-0.2, 0) is 11.4 Å². The summed E-state index contributed by atoms with van der Waals surface area (Å²) in [6, 6.07) is 3.97. The Morgan fingerprint density at radius 2 is 2.10 bits per heavy atom. The Bertz CT molecular complexity index is 437. The molecule has 20 heavy (non-hydrogen) atoms. The van der Waals surface area contributed by atoms with E-state index in [1.54, 1.807) is 12.1 Å². The van der Waals surface area contributed by atoms with Gasteiger partial charge in [-0.2, -0.15) is 0 Å². The van der Waals surface area contributed by atoms with Gasteiger partial charge >= 0.3 is 0 Å². The van der Waals surface area contributed by atoms with Crippen LogP contribution in [0.2, 0.25) is 0 Å². The van der Waals surface area contributed by atoms with Crippen molar-refractivity contribution in [2.75, 3.05) is 6.61 Å². The first kappa shape index (κ1) is 14.8. The fourth-order valence-electron chi connectivity index (χ4n) is 2.72. The number of pyridine rings is 1. The highest BCUT2D eigenvalue weighted by molar-refractivity contribution is 5.78. The van der Waals surface area contributed by atoms with Gasteiger partial charge in [-0.25, -0.2) is 0 Å². The predicted octanol–water partition coefficient (Wildman–Crippen LogP) is 1.74. The molecule has 1 fully saturated rings. The molecule has 2 atom stereocenters. The van der Waals surface area contributed by atoms with Gasteiger partial charge < -0.3 is 14.7 Å². The molecule has 1 amide bonds. The number of hydrogen-bond donors (Lipinski definition) is 1. The molecule has 1 aliphatic rings. The fourth-order valence-corrected chi connectivity index (χ4v) is 2.72. The number of aromatic nitrogens is 1. The Balaban J connectivity index is 1.90. The number of aliphatic hydroxyl groups is 1. The van der Waals surface area contributed by atoms with Gasteiger partial charge in [0.15, 0.2) is 6.61 Å². The molecule has 1 aromatic rings. The topological polar surface area (TPSA) is 62.7 Å². The third-order valence-corrected chi connectivity index (χ3v) is 3.80. The maximum Gasteiger partial charge on any atom is 0.260 e. The predicted molar refractivity (Wildman–Crippen MR) is 75.3 cm³/mol. The van der Waals surface area contributed by atoms with Crippen LogP contribution in [0.5, 0.6) is 5.75 Å². The van der Waals surface area contributed by atoms with Gasteiger partial charge in [0.05, 0.1) is 18.5 Å². The van der Waals surface area contributed by atoms with Gasteiger partial charge in [-0.05, 0) is 45.2 Å². The SMILES string of the molecule is CC1CCCC(C)N1C(=O)COc1ccc(CO)nc1. The molecule has 0 spiro atoms. The van der Waals surface area contributed by atoms with E-state index >= 15 is 0 Å². The number of piperidine rings is 1. The summed E-state index contributed by atoms with van der Waals surface area (Å²) in [4.78, 5) is 18.2. The molecule has 5 heteroatoms. The summed E-state index contributed by atoms with van der Waals surface area (Å²) >= 11 is 0. The second kappa shape index (κ2) is 6.70. The maximum absolute atomic E-state index is 12.3. The van der Waals surface area contributed by atoms with E-state index in [0.717, 1.165) is 12.8 Å². The van der Waals surface area contributed by atoms with Crippen LogP contribution in [0.4, 0.5) is 0 Å². The van der Waals surface area contributed by atoms with Gasteiger partial charge in [0.25, 0.3) is 5.91 Å². The highest BCUT2D eigenvalue weighted by Gasteiger charge is 2.28. The molecule has 2 heterocycles. The molecule has 2 unspecified atom stereocenters. The standard InChI is InChI=1S/C15H22N2O3/c1-11-4-3-5-12(2)17(11)15(19)10-20-14-7-6-13(9-18)16-8-14/h6-8,11-12,18H,3-5,9-10H2,1-2H3. The number of carbonyl (C=O) groups excluding carboxylic acids is 1. The summed E-state index contributed by atoms with van der Waals surface area (Å²) in [5, 5.41) is 8.91. The molecule has 2 rings (SSSR count). The minimum absolute atomic E-state index is 0.0240. The first-order valence-electron chi connectivity index (χ1n) is 7.11. The van der Waals surface area contributed by atoms with Crippen molar-refractivity contribution >= 4 is 5.91 Å². The van der Waals surface area contributed by atoms with E-state index in [2.05, 4.69) is 18.8 Å².